The first-order valence-corrected chi connectivity index (χ1v) is 4.03. The van der Waals surface area contributed by atoms with Gasteiger partial charge in [-0.15, -0.1) is 0 Å². The van der Waals surface area contributed by atoms with Crippen molar-refractivity contribution in [2.45, 2.75) is 32.2 Å². The lowest BCUT2D eigenvalue weighted by atomic mass is 10.0. The fourth-order valence-electron chi connectivity index (χ4n) is 0.997. The van der Waals surface area contributed by atoms with Crippen molar-refractivity contribution in [3.05, 3.63) is 0 Å². The molecule has 0 aliphatic heterocycles. The predicted molar refractivity (Wildman–Crippen MR) is 46.6 cm³/mol. The van der Waals surface area contributed by atoms with E-state index in [4.69, 9.17) is 11.5 Å². The summed E-state index contributed by atoms with van der Waals surface area (Å²) >= 11 is 0. The van der Waals surface area contributed by atoms with Gasteiger partial charge in [-0.3, -0.25) is 9.59 Å². The standard InChI is InChI=1S/C8H16N2O2/c1-6(11)4-7(10)5-8(12)2-3-9/h7H,2-5,9-10H2,1H3. The summed E-state index contributed by atoms with van der Waals surface area (Å²) in [4.78, 5) is 21.5. The Kier molecular flexibility index (Phi) is 5.49. The van der Waals surface area contributed by atoms with Crippen molar-refractivity contribution in [3.8, 4) is 0 Å². The lowest BCUT2D eigenvalue weighted by molar-refractivity contribution is -0.119. The van der Waals surface area contributed by atoms with Gasteiger partial charge in [0.05, 0.1) is 0 Å². The van der Waals surface area contributed by atoms with Crippen molar-refractivity contribution in [2.24, 2.45) is 11.5 Å². The van der Waals surface area contributed by atoms with E-state index >= 15 is 0 Å². The van der Waals surface area contributed by atoms with Crippen molar-refractivity contribution >= 4 is 11.6 Å². The molecule has 0 bridgehead atoms. The topological polar surface area (TPSA) is 86.2 Å². The fraction of sp³-hybridized carbons (Fsp3) is 0.750. The van der Waals surface area contributed by atoms with E-state index in [2.05, 4.69) is 0 Å². The first-order valence-electron chi connectivity index (χ1n) is 4.03. The Morgan fingerprint density at radius 3 is 2.33 bits per heavy atom. The van der Waals surface area contributed by atoms with E-state index in [0.717, 1.165) is 0 Å². The highest BCUT2D eigenvalue weighted by molar-refractivity contribution is 5.81. The second-order valence-electron chi connectivity index (χ2n) is 2.95. The quantitative estimate of drug-likeness (QED) is 0.570. The molecule has 12 heavy (non-hydrogen) atoms. The molecule has 1 unspecified atom stereocenters. The van der Waals surface area contributed by atoms with Crippen LogP contribution in [0, 0.1) is 0 Å². The molecule has 4 nitrogen and oxygen atoms in total. The Bertz CT molecular complexity index is 168. The fourth-order valence-corrected chi connectivity index (χ4v) is 0.997. The maximum Gasteiger partial charge on any atom is 0.135 e. The normalized spacial score (nSPS) is 12.6. The highest BCUT2D eigenvalue weighted by Crippen LogP contribution is 1.98. The number of Topliss-reactive ketones (excluding diaryl/α,β-unsaturated/α-hetero) is 2. The van der Waals surface area contributed by atoms with E-state index in [1.165, 1.54) is 6.92 Å². The van der Waals surface area contributed by atoms with Crippen LogP contribution < -0.4 is 11.5 Å². The van der Waals surface area contributed by atoms with Crippen molar-refractivity contribution < 1.29 is 9.59 Å². The number of carbonyl (C=O) groups is 2. The summed E-state index contributed by atoms with van der Waals surface area (Å²) in [6.07, 6.45) is 0.888. The highest BCUT2D eigenvalue weighted by Gasteiger charge is 2.10. The van der Waals surface area contributed by atoms with Gasteiger partial charge >= 0.3 is 0 Å². The Morgan fingerprint density at radius 2 is 1.92 bits per heavy atom. The second kappa shape index (κ2) is 5.85. The average Bonchev–Trinajstić information content (AvgIpc) is 1.84. The molecule has 0 aliphatic carbocycles. The van der Waals surface area contributed by atoms with Crippen molar-refractivity contribution in [1.29, 1.82) is 0 Å². The number of nitrogens with two attached hydrogens (primary N) is 2. The molecule has 1 atom stereocenters. The zero-order valence-corrected chi connectivity index (χ0v) is 7.38. The molecule has 4 heteroatoms. The van der Waals surface area contributed by atoms with Gasteiger partial charge in [0.25, 0.3) is 0 Å². The number of rotatable bonds is 6. The summed E-state index contributed by atoms with van der Waals surface area (Å²) in [5.41, 5.74) is 10.7. The highest BCUT2D eigenvalue weighted by atomic mass is 16.1. The van der Waals surface area contributed by atoms with Crippen LogP contribution in [-0.4, -0.2) is 24.2 Å². The zero-order valence-electron chi connectivity index (χ0n) is 7.38. The average molecular weight is 172 g/mol. The van der Waals surface area contributed by atoms with Crippen molar-refractivity contribution in [2.75, 3.05) is 6.54 Å². The van der Waals surface area contributed by atoms with Crippen LogP contribution in [0.3, 0.4) is 0 Å². The largest absolute Gasteiger partial charge is 0.330 e. The monoisotopic (exact) mass is 172 g/mol. The molecule has 4 N–H and O–H groups in total. The summed E-state index contributed by atoms with van der Waals surface area (Å²) in [6, 6.07) is -0.332. The van der Waals surface area contributed by atoms with Crippen LogP contribution in [0.5, 0.6) is 0 Å². The molecule has 0 aromatic heterocycles. The van der Waals surface area contributed by atoms with Crippen LogP contribution in [0.15, 0.2) is 0 Å². The number of carbonyl (C=O) groups excluding carboxylic acids is 2. The van der Waals surface area contributed by atoms with E-state index in [-0.39, 0.29) is 30.4 Å². The molecular weight excluding hydrogens is 156 g/mol. The minimum Gasteiger partial charge on any atom is -0.330 e. The van der Waals surface area contributed by atoms with E-state index in [0.29, 0.717) is 13.0 Å². The third-order valence-electron chi connectivity index (χ3n) is 1.46. The first kappa shape index (κ1) is 11.3. The van der Waals surface area contributed by atoms with Crippen molar-refractivity contribution in [3.63, 3.8) is 0 Å². The summed E-state index contributed by atoms with van der Waals surface area (Å²) < 4.78 is 0. The maximum absolute atomic E-state index is 11.0. The SMILES string of the molecule is CC(=O)CC(N)CC(=O)CCN. The lowest BCUT2D eigenvalue weighted by Crippen LogP contribution is -2.26. The molecule has 0 spiro atoms. The number of ketones is 2. The molecule has 0 aliphatic rings. The van der Waals surface area contributed by atoms with Gasteiger partial charge in [0.1, 0.15) is 11.6 Å². The third-order valence-corrected chi connectivity index (χ3v) is 1.46. The molecule has 0 rings (SSSR count). The van der Waals surface area contributed by atoms with Gasteiger partial charge in [-0.05, 0) is 13.5 Å². The minimum atomic E-state index is -0.332. The van der Waals surface area contributed by atoms with Crippen LogP contribution in [0.4, 0.5) is 0 Å². The summed E-state index contributed by atoms with van der Waals surface area (Å²) in [6.45, 7) is 1.82. The predicted octanol–water partition coefficient (Wildman–Crippen LogP) is -0.399. The smallest absolute Gasteiger partial charge is 0.135 e. The van der Waals surface area contributed by atoms with Crippen LogP contribution >= 0.6 is 0 Å². The van der Waals surface area contributed by atoms with Crippen LogP contribution in [0.25, 0.3) is 0 Å². The van der Waals surface area contributed by atoms with Gasteiger partial charge in [0.2, 0.25) is 0 Å². The molecule has 0 fully saturated rings. The van der Waals surface area contributed by atoms with Crippen molar-refractivity contribution in [1.82, 2.24) is 0 Å². The number of hydrogen-bond donors (Lipinski definition) is 2. The second-order valence-corrected chi connectivity index (χ2v) is 2.95. The Morgan fingerprint density at radius 1 is 1.33 bits per heavy atom. The molecule has 70 valence electrons. The van der Waals surface area contributed by atoms with E-state index in [9.17, 15) is 9.59 Å². The van der Waals surface area contributed by atoms with Crippen LogP contribution in [0.2, 0.25) is 0 Å². The molecule has 0 saturated heterocycles. The Labute approximate surface area is 72.3 Å². The molecule has 0 saturated carbocycles. The maximum atomic E-state index is 11.0. The van der Waals surface area contributed by atoms with E-state index in [1.54, 1.807) is 0 Å². The van der Waals surface area contributed by atoms with Gasteiger partial charge in [-0.1, -0.05) is 0 Å². The van der Waals surface area contributed by atoms with Gasteiger partial charge in [-0.2, -0.15) is 0 Å². The van der Waals surface area contributed by atoms with Gasteiger partial charge in [0, 0.05) is 25.3 Å². The number of hydrogen-bond acceptors (Lipinski definition) is 4. The molecule has 0 aromatic rings. The molecular formula is C8H16N2O2. The Balaban J connectivity index is 3.61. The van der Waals surface area contributed by atoms with E-state index < -0.39 is 0 Å². The van der Waals surface area contributed by atoms with Crippen LogP contribution in [0.1, 0.15) is 26.2 Å². The third kappa shape index (κ3) is 6.00. The zero-order chi connectivity index (χ0) is 9.56. The summed E-state index contributed by atoms with van der Waals surface area (Å²) in [5, 5.41) is 0. The Hall–Kier alpha value is -0.740. The van der Waals surface area contributed by atoms with E-state index in [1.807, 2.05) is 0 Å². The van der Waals surface area contributed by atoms with Gasteiger partial charge in [-0.25, -0.2) is 0 Å². The lowest BCUT2D eigenvalue weighted by Gasteiger charge is -2.07. The minimum absolute atomic E-state index is 0.0167. The molecule has 0 amide bonds. The first-order chi connectivity index (χ1) is 5.56. The summed E-state index contributed by atoms with van der Waals surface area (Å²) in [5.74, 6) is 0.0503. The van der Waals surface area contributed by atoms with Gasteiger partial charge < -0.3 is 11.5 Å². The van der Waals surface area contributed by atoms with Crippen LogP contribution in [-0.2, 0) is 9.59 Å². The summed E-state index contributed by atoms with van der Waals surface area (Å²) in [7, 11) is 0. The van der Waals surface area contributed by atoms with Gasteiger partial charge in [0.15, 0.2) is 0 Å². The molecule has 0 radical (unpaired) electrons. The molecule has 0 aromatic carbocycles. The molecule has 0 heterocycles.